The fraction of sp³-hybridized carbons (Fsp3) is 0.400. The minimum atomic E-state index is -1.14. The number of aliphatic hydroxyl groups excluding tert-OH is 1. The van der Waals surface area contributed by atoms with Gasteiger partial charge in [-0.2, -0.15) is 0 Å². The standard InChI is InChI=1S/C20H24O3S/c1-15-7-9-18(10-8-15)24(22)14-20(21)19-11-17(19)13-23-12-16-5-3-2-4-6-16/h2-10,17,19-21H,11-14H2,1H3/t17-,19+,20+,24-/m0/s1. The number of aryl methyl sites for hydroxylation is 1. The summed E-state index contributed by atoms with van der Waals surface area (Å²) in [5.74, 6) is 0.914. The second-order valence-electron chi connectivity index (χ2n) is 6.55. The number of hydrogen-bond acceptors (Lipinski definition) is 3. The maximum absolute atomic E-state index is 12.3. The monoisotopic (exact) mass is 344 g/mol. The zero-order valence-electron chi connectivity index (χ0n) is 13.9. The molecule has 0 unspecified atom stereocenters. The molecular formula is C20H24O3S. The van der Waals surface area contributed by atoms with Crippen molar-refractivity contribution < 1.29 is 14.1 Å². The molecule has 128 valence electrons. The number of hydrogen-bond donors (Lipinski definition) is 1. The SMILES string of the molecule is Cc1ccc([S@@](=O)C[C@@H](O)[C@@H]2C[C@H]2COCc2ccccc2)cc1. The highest BCUT2D eigenvalue weighted by Crippen LogP contribution is 2.42. The normalized spacial score (nSPS) is 22.1. The second kappa shape index (κ2) is 8.06. The summed E-state index contributed by atoms with van der Waals surface area (Å²) in [4.78, 5) is 0.789. The van der Waals surface area contributed by atoms with Gasteiger partial charge in [0.1, 0.15) is 0 Å². The zero-order valence-corrected chi connectivity index (χ0v) is 14.7. The van der Waals surface area contributed by atoms with Gasteiger partial charge in [-0.05, 0) is 42.9 Å². The Hall–Kier alpha value is -1.49. The Balaban J connectivity index is 1.40. The molecule has 1 saturated carbocycles. The molecule has 0 radical (unpaired) electrons. The summed E-state index contributed by atoms with van der Waals surface area (Å²) in [5.41, 5.74) is 2.31. The van der Waals surface area contributed by atoms with Gasteiger partial charge in [-0.15, -0.1) is 0 Å². The third kappa shape index (κ3) is 4.76. The molecule has 24 heavy (non-hydrogen) atoms. The Morgan fingerprint density at radius 2 is 1.88 bits per heavy atom. The minimum Gasteiger partial charge on any atom is -0.392 e. The first-order valence-corrected chi connectivity index (χ1v) is 9.70. The van der Waals surface area contributed by atoms with Crippen LogP contribution in [0.5, 0.6) is 0 Å². The third-order valence-electron chi connectivity index (χ3n) is 4.52. The fourth-order valence-electron chi connectivity index (χ4n) is 2.90. The van der Waals surface area contributed by atoms with Gasteiger partial charge in [0, 0.05) is 4.90 Å². The number of rotatable bonds is 8. The fourth-order valence-corrected chi connectivity index (χ4v) is 4.09. The Morgan fingerprint density at radius 3 is 2.58 bits per heavy atom. The maximum Gasteiger partial charge on any atom is 0.0717 e. The summed E-state index contributed by atoms with van der Waals surface area (Å²) in [5, 5.41) is 10.3. The molecule has 4 heteroatoms. The van der Waals surface area contributed by atoms with Crippen molar-refractivity contribution in [1.82, 2.24) is 0 Å². The average molecular weight is 344 g/mol. The molecular weight excluding hydrogens is 320 g/mol. The van der Waals surface area contributed by atoms with E-state index in [0.29, 0.717) is 24.9 Å². The smallest absolute Gasteiger partial charge is 0.0717 e. The lowest BCUT2D eigenvalue weighted by molar-refractivity contribution is 0.0950. The van der Waals surface area contributed by atoms with Gasteiger partial charge in [0.25, 0.3) is 0 Å². The van der Waals surface area contributed by atoms with Gasteiger partial charge < -0.3 is 9.84 Å². The van der Waals surface area contributed by atoms with E-state index in [2.05, 4.69) is 0 Å². The van der Waals surface area contributed by atoms with Gasteiger partial charge in [-0.1, -0.05) is 48.0 Å². The van der Waals surface area contributed by atoms with Gasteiger partial charge in [-0.25, -0.2) is 0 Å². The first kappa shape index (κ1) is 17.3. The molecule has 2 aromatic rings. The molecule has 0 bridgehead atoms. The van der Waals surface area contributed by atoms with Crippen LogP contribution in [0.15, 0.2) is 59.5 Å². The number of ether oxygens (including phenoxy) is 1. The van der Waals surface area contributed by atoms with Crippen LogP contribution in [0.4, 0.5) is 0 Å². The Labute approximate surface area is 146 Å². The highest BCUT2D eigenvalue weighted by atomic mass is 32.2. The van der Waals surface area contributed by atoms with Crippen LogP contribution in [0.25, 0.3) is 0 Å². The van der Waals surface area contributed by atoms with Crippen LogP contribution in [-0.4, -0.2) is 27.8 Å². The molecule has 0 spiro atoms. The van der Waals surface area contributed by atoms with Crippen molar-refractivity contribution in [2.45, 2.75) is 31.0 Å². The van der Waals surface area contributed by atoms with Crippen LogP contribution in [0.1, 0.15) is 17.5 Å². The molecule has 1 N–H and O–H groups in total. The Kier molecular flexibility index (Phi) is 5.82. The van der Waals surface area contributed by atoms with Crippen molar-refractivity contribution in [3.8, 4) is 0 Å². The topological polar surface area (TPSA) is 46.5 Å². The largest absolute Gasteiger partial charge is 0.392 e. The van der Waals surface area contributed by atoms with Gasteiger partial charge in [0.15, 0.2) is 0 Å². The summed E-state index contributed by atoms with van der Waals surface area (Å²) < 4.78 is 18.1. The van der Waals surface area contributed by atoms with Gasteiger partial charge in [-0.3, -0.25) is 4.21 Å². The summed E-state index contributed by atoms with van der Waals surface area (Å²) in [7, 11) is -1.14. The number of benzene rings is 2. The van der Waals surface area contributed by atoms with E-state index in [-0.39, 0.29) is 5.92 Å². The highest BCUT2D eigenvalue weighted by molar-refractivity contribution is 7.85. The zero-order chi connectivity index (χ0) is 16.9. The maximum atomic E-state index is 12.3. The average Bonchev–Trinajstić information content (AvgIpc) is 3.36. The highest BCUT2D eigenvalue weighted by Gasteiger charge is 2.42. The van der Waals surface area contributed by atoms with Crippen molar-refractivity contribution in [2.75, 3.05) is 12.4 Å². The molecule has 0 aliphatic heterocycles. The van der Waals surface area contributed by atoms with Gasteiger partial charge in [0.2, 0.25) is 0 Å². The molecule has 3 nitrogen and oxygen atoms in total. The summed E-state index contributed by atoms with van der Waals surface area (Å²) >= 11 is 0. The minimum absolute atomic E-state index is 0.218. The molecule has 0 amide bonds. The molecule has 3 rings (SSSR count). The van der Waals surface area contributed by atoms with E-state index in [4.69, 9.17) is 4.74 Å². The van der Waals surface area contributed by atoms with Crippen molar-refractivity contribution >= 4 is 10.8 Å². The lowest BCUT2D eigenvalue weighted by atomic mass is 10.2. The van der Waals surface area contributed by atoms with Crippen molar-refractivity contribution in [3.63, 3.8) is 0 Å². The lowest BCUT2D eigenvalue weighted by Gasteiger charge is -2.11. The van der Waals surface area contributed by atoms with Crippen LogP contribution in [0.3, 0.4) is 0 Å². The van der Waals surface area contributed by atoms with Crippen molar-refractivity contribution in [1.29, 1.82) is 0 Å². The van der Waals surface area contributed by atoms with Crippen LogP contribution in [-0.2, 0) is 22.1 Å². The van der Waals surface area contributed by atoms with Gasteiger partial charge >= 0.3 is 0 Å². The predicted octanol–water partition coefficient (Wildman–Crippen LogP) is 3.32. The molecule has 2 aromatic carbocycles. The molecule has 1 aliphatic carbocycles. The van der Waals surface area contributed by atoms with Crippen molar-refractivity contribution in [2.24, 2.45) is 11.8 Å². The van der Waals surface area contributed by atoms with Crippen LogP contribution < -0.4 is 0 Å². The number of aliphatic hydroxyl groups is 1. The first-order chi connectivity index (χ1) is 11.6. The summed E-state index contributed by atoms with van der Waals surface area (Å²) in [6, 6.07) is 17.8. The molecule has 0 aromatic heterocycles. The van der Waals surface area contributed by atoms with Crippen LogP contribution in [0, 0.1) is 18.8 Å². The molecule has 1 fully saturated rings. The van der Waals surface area contributed by atoms with E-state index >= 15 is 0 Å². The Bertz CT molecular complexity index is 669. The Morgan fingerprint density at radius 1 is 1.17 bits per heavy atom. The summed E-state index contributed by atoms with van der Waals surface area (Å²) in [6.07, 6.45) is 0.443. The van der Waals surface area contributed by atoms with E-state index in [1.165, 1.54) is 0 Å². The molecule has 4 atom stereocenters. The van der Waals surface area contributed by atoms with E-state index in [0.717, 1.165) is 22.4 Å². The van der Waals surface area contributed by atoms with Crippen LogP contribution >= 0.6 is 0 Å². The molecule has 1 aliphatic rings. The second-order valence-corrected chi connectivity index (χ2v) is 8.05. The van der Waals surface area contributed by atoms with E-state index in [1.54, 1.807) is 0 Å². The first-order valence-electron chi connectivity index (χ1n) is 8.38. The van der Waals surface area contributed by atoms with E-state index in [1.807, 2.05) is 61.5 Å². The van der Waals surface area contributed by atoms with Gasteiger partial charge in [0.05, 0.1) is 35.9 Å². The molecule has 0 heterocycles. The quantitative estimate of drug-likeness (QED) is 0.799. The summed E-state index contributed by atoms with van der Waals surface area (Å²) in [6.45, 7) is 3.27. The lowest BCUT2D eigenvalue weighted by Crippen LogP contribution is -2.20. The van der Waals surface area contributed by atoms with E-state index in [9.17, 15) is 9.32 Å². The van der Waals surface area contributed by atoms with Crippen molar-refractivity contribution in [3.05, 3.63) is 65.7 Å². The van der Waals surface area contributed by atoms with Crippen LogP contribution in [0.2, 0.25) is 0 Å². The molecule has 0 saturated heterocycles. The third-order valence-corrected chi connectivity index (χ3v) is 5.96. The predicted molar refractivity (Wildman–Crippen MR) is 96.2 cm³/mol. The van der Waals surface area contributed by atoms with E-state index < -0.39 is 16.9 Å².